The van der Waals surface area contributed by atoms with E-state index in [1.54, 1.807) is 13.2 Å². The van der Waals surface area contributed by atoms with Crippen LogP contribution in [0.2, 0.25) is 0 Å². The number of aromatic nitrogens is 3. The van der Waals surface area contributed by atoms with Crippen molar-refractivity contribution >= 4 is 11.7 Å². The Morgan fingerprint density at radius 3 is 2.62 bits per heavy atom. The number of hydrogen-bond donors (Lipinski definition) is 1. The normalized spacial score (nSPS) is 11.4. The Kier molecular flexibility index (Phi) is 3.83. The lowest BCUT2D eigenvalue weighted by molar-refractivity contribution is -0.139. The molecule has 2 aromatic heterocycles. The first-order valence-corrected chi connectivity index (χ1v) is 5.83. The second-order valence-electron chi connectivity index (χ2n) is 4.28. The fourth-order valence-corrected chi connectivity index (χ4v) is 1.70. The van der Waals surface area contributed by atoms with Gasteiger partial charge in [0, 0.05) is 25.5 Å². The van der Waals surface area contributed by atoms with E-state index in [4.69, 9.17) is 0 Å². The zero-order valence-electron chi connectivity index (χ0n) is 10.9. The topological polar surface area (TPSA) is 68.9 Å². The van der Waals surface area contributed by atoms with E-state index in [1.165, 1.54) is 10.7 Å². The van der Waals surface area contributed by atoms with Gasteiger partial charge in [0.15, 0.2) is 5.82 Å². The number of amides is 1. The highest BCUT2D eigenvalue weighted by Crippen LogP contribution is 2.25. The number of nitrogens with zero attached hydrogens (tertiary/aromatic N) is 3. The third-order valence-corrected chi connectivity index (χ3v) is 2.62. The van der Waals surface area contributed by atoms with Crippen molar-refractivity contribution in [1.29, 1.82) is 0 Å². The third kappa shape index (κ3) is 3.50. The van der Waals surface area contributed by atoms with Gasteiger partial charge in [-0.1, -0.05) is 0 Å². The summed E-state index contributed by atoms with van der Waals surface area (Å²) in [6, 6.07) is 3.26. The molecule has 0 spiro atoms. The molecule has 6 nitrogen and oxygen atoms in total. The second kappa shape index (κ2) is 5.43. The Bertz CT molecular complexity index is 718. The highest BCUT2D eigenvalue weighted by atomic mass is 19.4. The van der Waals surface area contributed by atoms with Gasteiger partial charge in [0.2, 0.25) is 5.91 Å². The van der Waals surface area contributed by atoms with E-state index in [-0.39, 0.29) is 5.82 Å². The van der Waals surface area contributed by atoms with Crippen LogP contribution >= 0.6 is 0 Å². The van der Waals surface area contributed by atoms with Gasteiger partial charge in [0.05, 0.1) is 0 Å². The summed E-state index contributed by atoms with van der Waals surface area (Å²) in [7, 11) is 1.65. The Hall–Kier alpha value is -2.58. The molecule has 0 aromatic carbocycles. The Balaban J connectivity index is 2.16. The lowest BCUT2D eigenvalue weighted by Gasteiger charge is -2.09. The van der Waals surface area contributed by atoms with Crippen molar-refractivity contribution in [1.82, 2.24) is 14.3 Å². The molecule has 0 unspecified atom stereocenters. The van der Waals surface area contributed by atoms with Gasteiger partial charge in [-0.15, -0.1) is 0 Å². The monoisotopic (exact) mass is 300 g/mol. The maximum absolute atomic E-state index is 12.6. The molecular formula is C12H11F3N4O2. The molecule has 1 amide bonds. The standard InChI is InChI=1S/C12H11F3N4O2/c1-18-6-4-9(17-18)16-10(20)7-19-5-2-3-8(11(19)21)12(13,14)15/h2-6H,7H2,1H3,(H,16,17,20). The smallest absolute Gasteiger partial charge is 0.308 e. The molecule has 2 rings (SSSR count). The minimum atomic E-state index is -4.75. The van der Waals surface area contributed by atoms with Crippen LogP contribution in [0.4, 0.5) is 19.0 Å². The van der Waals surface area contributed by atoms with E-state index in [9.17, 15) is 22.8 Å². The first-order chi connectivity index (χ1) is 9.77. The van der Waals surface area contributed by atoms with Crippen LogP contribution in [-0.2, 0) is 24.6 Å². The fraction of sp³-hybridized carbons (Fsp3) is 0.250. The summed E-state index contributed by atoms with van der Waals surface area (Å²) in [6.07, 6.45) is -2.04. The first kappa shape index (κ1) is 14.8. The number of aryl methyl sites for hydroxylation is 1. The molecule has 112 valence electrons. The zero-order chi connectivity index (χ0) is 15.6. The molecule has 0 aliphatic heterocycles. The van der Waals surface area contributed by atoms with Crippen molar-refractivity contribution in [3.8, 4) is 0 Å². The molecule has 0 saturated heterocycles. The van der Waals surface area contributed by atoms with Crippen LogP contribution in [0.3, 0.4) is 0 Å². The molecule has 0 fully saturated rings. The van der Waals surface area contributed by atoms with Gasteiger partial charge < -0.3 is 9.88 Å². The van der Waals surface area contributed by atoms with Crippen LogP contribution in [0.25, 0.3) is 0 Å². The summed E-state index contributed by atoms with van der Waals surface area (Å²) in [5.41, 5.74) is -2.57. The summed E-state index contributed by atoms with van der Waals surface area (Å²) in [5, 5.41) is 6.27. The first-order valence-electron chi connectivity index (χ1n) is 5.83. The number of alkyl halides is 3. The minimum Gasteiger partial charge on any atom is -0.308 e. The zero-order valence-corrected chi connectivity index (χ0v) is 10.9. The largest absolute Gasteiger partial charge is 0.421 e. The van der Waals surface area contributed by atoms with Crippen LogP contribution in [0.5, 0.6) is 0 Å². The number of halogens is 3. The Morgan fingerprint density at radius 1 is 1.33 bits per heavy atom. The molecule has 0 saturated carbocycles. The van der Waals surface area contributed by atoms with Gasteiger partial charge in [-0.25, -0.2) is 0 Å². The average Bonchev–Trinajstić information content (AvgIpc) is 2.75. The molecule has 2 aromatic rings. The van der Waals surface area contributed by atoms with E-state index < -0.39 is 29.8 Å². The number of anilines is 1. The lowest BCUT2D eigenvalue weighted by Crippen LogP contribution is -2.32. The maximum Gasteiger partial charge on any atom is 0.421 e. The quantitative estimate of drug-likeness (QED) is 0.927. The van der Waals surface area contributed by atoms with Crippen molar-refractivity contribution < 1.29 is 18.0 Å². The van der Waals surface area contributed by atoms with Gasteiger partial charge in [-0.2, -0.15) is 18.3 Å². The average molecular weight is 300 g/mol. The molecule has 0 radical (unpaired) electrons. The van der Waals surface area contributed by atoms with Gasteiger partial charge in [-0.3, -0.25) is 14.3 Å². The van der Waals surface area contributed by atoms with Crippen molar-refractivity contribution in [3.05, 3.63) is 46.5 Å². The number of carbonyl (C=O) groups is 1. The minimum absolute atomic E-state index is 0.252. The summed E-state index contributed by atoms with van der Waals surface area (Å²) < 4.78 is 39.9. The molecule has 2 heterocycles. The number of pyridine rings is 1. The van der Waals surface area contributed by atoms with Crippen LogP contribution in [0, 0.1) is 0 Å². The van der Waals surface area contributed by atoms with Crippen LogP contribution in [0.15, 0.2) is 35.4 Å². The van der Waals surface area contributed by atoms with Crippen LogP contribution < -0.4 is 10.9 Å². The second-order valence-corrected chi connectivity index (χ2v) is 4.28. The lowest BCUT2D eigenvalue weighted by atomic mass is 10.2. The predicted molar refractivity (Wildman–Crippen MR) is 67.5 cm³/mol. The van der Waals surface area contributed by atoms with E-state index in [0.717, 1.165) is 12.3 Å². The molecule has 0 aliphatic rings. The van der Waals surface area contributed by atoms with E-state index >= 15 is 0 Å². The third-order valence-electron chi connectivity index (χ3n) is 2.62. The summed E-state index contributed by atoms with van der Waals surface area (Å²) in [4.78, 5) is 23.4. The van der Waals surface area contributed by atoms with Gasteiger partial charge in [0.25, 0.3) is 5.56 Å². The molecular weight excluding hydrogens is 289 g/mol. The predicted octanol–water partition coefficient (Wildman–Crippen LogP) is 1.24. The summed E-state index contributed by atoms with van der Waals surface area (Å²) in [5.74, 6) is -0.391. The van der Waals surface area contributed by atoms with Crippen molar-refractivity contribution in [2.24, 2.45) is 7.05 Å². The number of nitrogens with one attached hydrogen (secondary N) is 1. The van der Waals surface area contributed by atoms with E-state index in [2.05, 4.69) is 10.4 Å². The number of rotatable bonds is 3. The molecule has 21 heavy (non-hydrogen) atoms. The summed E-state index contributed by atoms with van der Waals surface area (Å²) >= 11 is 0. The number of hydrogen-bond acceptors (Lipinski definition) is 3. The van der Waals surface area contributed by atoms with Crippen LogP contribution in [-0.4, -0.2) is 20.3 Å². The summed E-state index contributed by atoms with van der Waals surface area (Å²) in [6.45, 7) is -0.528. The van der Waals surface area contributed by atoms with Crippen molar-refractivity contribution in [2.75, 3.05) is 5.32 Å². The van der Waals surface area contributed by atoms with Gasteiger partial charge >= 0.3 is 6.18 Å². The number of carbonyl (C=O) groups excluding carboxylic acids is 1. The van der Waals surface area contributed by atoms with E-state index in [1.807, 2.05) is 0 Å². The Morgan fingerprint density at radius 2 is 2.05 bits per heavy atom. The Labute approximate surface area is 116 Å². The van der Waals surface area contributed by atoms with Gasteiger partial charge in [0.1, 0.15) is 12.1 Å². The highest BCUT2D eigenvalue weighted by molar-refractivity contribution is 5.89. The fourth-order valence-electron chi connectivity index (χ4n) is 1.70. The van der Waals surface area contributed by atoms with Gasteiger partial charge in [-0.05, 0) is 12.1 Å². The molecule has 0 aliphatic carbocycles. The maximum atomic E-state index is 12.6. The van der Waals surface area contributed by atoms with Crippen molar-refractivity contribution in [2.45, 2.75) is 12.7 Å². The van der Waals surface area contributed by atoms with Crippen LogP contribution in [0.1, 0.15) is 5.56 Å². The SMILES string of the molecule is Cn1ccc(NC(=O)Cn2cccc(C(F)(F)F)c2=O)n1. The highest BCUT2D eigenvalue weighted by Gasteiger charge is 2.34. The molecule has 0 bridgehead atoms. The molecule has 0 atom stereocenters. The van der Waals surface area contributed by atoms with E-state index in [0.29, 0.717) is 10.6 Å². The molecule has 9 heteroatoms. The molecule has 1 N–H and O–H groups in total. The van der Waals surface area contributed by atoms with Crippen molar-refractivity contribution in [3.63, 3.8) is 0 Å².